The van der Waals surface area contributed by atoms with Crippen LogP contribution in [0.25, 0.3) is 11.0 Å². The molecule has 0 unspecified atom stereocenters. The Bertz CT molecular complexity index is 1240. The summed E-state index contributed by atoms with van der Waals surface area (Å²) in [5.74, 6) is 0.359. The number of ether oxygens (including phenoxy) is 1. The van der Waals surface area contributed by atoms with Crippen LogP contribution in [-0.2, 0) is 14.8 Å². The summed E-state index contributed by atoms with van der Waals surface area (Å²) in [5, 5.41) is 0. The predicted molar refractivity (Wildman–Crippen MR) is 101 cm³/mol. The Morgan fingerprint density at radius 2 is 1.59 bits per heavy atom. The first kappa shape index (κ1) is 17.5. The second-order valence-corrected chi connectivity index (χ2v) is 8.18. The molecule has 0 aliphatic carbocycles. The Labute approximate surface area is 154 Å². The summed E-state index contributed by atoms with van der Waals surface area (Å²) in [6.45, 7) is 2.99. The molecular weight excluding hydrogens is 370 g/mol. The summed E-state index contributed by atoms with van der Waals surface area (Å²) in [5.41, 5.74) is 0.974. The lowest BCUT2D eigenvalue weighted by Crippen LogP contribution is -2.29. The predicted octanol–water partition coefficient (Wildman–Crippen LogP) is 1.44. The lowest BCUT2D eigenvalue weighted by molar-refractivity contribution is 0.00843. The summed E-state index contributed by atoms with van der Waals surface area (Å²) in [7, 11) is -3.87. The van der Waals surface area contributed by atoms with E-state index in [0.29, 0.717) is 35.9 Å². The fourth-order valence-corrected chi connectivity index (χ4v) is 4.32. The van der Waals surface area contributed by atoms with Crippen molar-refractivity contribution in [2.75, 3.05) is 17.9 Å². The van der Waals surface area contributed by atoms with E-state index >= 15 is 0 Å². The minimum atomic E-state index is -3.87. The number of hydrogen-bond donors (Lipinski definition) is 3. The molecule has 0 spiro atoms. The van der Waals surface area contributed by atoms with E-state index in [9.17, 15) is 18.0 Å². The van der Waals surface area contributed by atoms with Crippen molar-refractivity contribution in [3.05, 3.63) is 68.2 Å². The Morgan fingerprint density at radius 1 is 1.00 bits per heavy atom. The SMILES string of the molecule is Cc1cc2[nH]c(=O)c(=O)[nH]c2cc1S(=O)(=O)Nc1ccc(C2COC2)cc1. The van der Waals surface area contributed by atoms with E-state index in [1.807, 2.05) is 12.1 Å². The monoisotopic (exact) mass is 387 g/mol. The zero-order valence-corrected chi connectivity index (χ0v) is 15.2. The minimum absolute atomic E-state index is 0.0224. The van der Waals surface area contributed by atoms with Gasteiger partial charge in [-0.2, -0.15) is 0 Å². The molecule has 1 saturated heterocycles. The van der Waals surface area contributed by atoms with Gasteiger partial charge in [-0.15, -0.1) is 0 Å². The van der Waals surface area contributed by atoms with Gasteiger partial charge in [0.1, 0.15) is 0 Å². The van der Waals surface area contributed by atoms with Crippen LogP contribution >= 0.6 is 0 Å². The van der Waals surface area contributed by atoms with E-state index in [4.69, 9.17) is 4.74 Å². The first-order valence-corrected chi connectivity index (χ1v) is 9.79. The van der Waals surface area contributed by atoms with Gasteiger partial charge in [-0.05, 0) is 42.3 Å². The number of H-pyrrole nitrogens is 2. The van der Waals surface area contributed by atoms with Gasteiger partial charge in [-0.3, -0.25) is 14.3 Å². The molecule has 3 N–H and O–H groups in total. The zero-order valence-electron chi connectivity index (χ0n) is 14.4. The quantitative estimate of drug-likeness (QED) is 0.585. The number of aromatic amines is 2. The van der Waals surface area contributed by atoms with Crippen LogP contribution in [0, 0.1) is 6.92 Å². The van der Waals surface area contributed by atoms with Crippen molar-refractivity contribution < 1.29 is 13.2 Å². The maximum atomic E-state index is 12.8. The molecule has 0 radical (unpaired) electrons. The molecule has 27 heavy (non-hydrogen) atoms. The maximum Gasteiger partial charge on any atom is 0.314 e. The highest BCUT2D eigenvalue weighted by Gasteiger charge is 2.21. The Morgan fingerprint density at radius 3 is 2.15 bits per heavy atom. The van der Waals surface area contributed by atoms with Crippen LogP contribution in [0.1, 0.15) is 17.0 Å². The molecule has 3 aromatic rings. The maximum absolute atomic E-state index is 12.8. The summed E-state index contributed by atoms with van der Waals surface area (Å²) in [6, 6.07) is 10.0. The lowest BCUT2D eigenvalue weighted by atomic mass is 9.98. The number of aryl methyl sites for hydroxylation is 1. The van der Waals surface area contributed by atoms with Gasteiger partial charge in [-0.1, -0.05) is 12.1 Å². The van der Waals surface area contributed by atoms with E-state index in [1.165, 1.54) is 12.1 Å². The normalized spacial score (nSPS) is 14.9. The number of nitrogens with one attached hydrogen (secondary N) is 3. The summed E-state index contributed by atoms with van der Waals surface area (Å²) < 4.78 is 33.3. The summed E-state index contributed by atoms with van der Waals surface area (Å²) in [4.78, 5) is 27.8. The van der Waals surface area contributed by atoms with Crippen molar-refractivity contribution in [1.29, 1.82) is 0 Å². The van der Waals surface area contributed by atoms with Crippen molar-refractivity contribution in [3.63, 3.8) is 0 Å². The number of hydrogen-bond acceptors (Lipinski definition) is 5. The number of benzene rings is 2. The molecule has 0 saturated carbocycles. The van der Waals surface area contributed by atoms with Crippen LogP contribution in [0.3, 0.4) is 0 Å². The average Bonchev–Trinajstić information content (AvgIpc) is 2.56. The van der Waals surface area contributed by atoms with Gasteiger partial charge < -0.3 is 14.7 Å². The van der Waals surface area contributed by atoms with E-state index < -0.39 is 21.1 Å². The minimum Gasteiger partial charge on any atom is -0.380 e. The molecule has 8 nitrogen and oxygen atoms in total. The molecule has 140 valence electrons. The largest absolute Gasteiger partial charge is 0.380 e. The summed E-state index contributed by atoms with van der Waals surface area (Å²) in [6.07, 6.45) is 0. The second kappa shape index (κ2) is 6.36. The van der Waals surface area contributed by atoms with Gasteiger partial charge in [0, 0.05) is 11.6 Å². The highest BCUT2D eigenvalue weighted by atomic mass is 32.2. The van der Waals surface area contributed by atoms with Gasteiger partial charge in [-0.25, -0.2) is 8.42 Å². The highest BCUT2D eigenvalue weighted by molar-refractivity contribution is 7.92. The fourth-order valence-electron chi connectivity index (χ4n) is 3.00. The van der Waals surface area contributed by atoms with Crippen LogP contribution in [0.4, 0.5) is 5.69 Å². The number of sulfonamides is 1. The smallest absolute Gasteiger partial charge is 0.314 e. The van der Waals surface area contributed by atoms with Crippen LogP contribution < -0.4 is 15.8 Å². The fraction of sp³-hybridized carbons (Fsp3) is 0.222. The van der Waals surface area contributed by atoms with E-state index in [0.717, 1.165) is 5.56 Å². The van der Waals surface area contributed by atoms with Crippen LogP contribution in [-0.4, -0.2) is 31.6 Å². The van der Waals surface area contributed by atoms with Gasteiger partial charge in [0.05, 0.1) is 29.1 Å². The first-order chi connectivity index (χ1) is 12.8. The molecule has 0 bridgehead atoms. The molecule has 0 amide bonds. The molecular formula is C18H17N3O5S. The molecule has 1 fully saturated rings. The van der Waals surface area contributed by atoms with Crippen molar-refractivity contribution in [2.45, 2.75) is 17.7 Å². The third kappa shape index (κ3) is 3.26. The summed E-state index contributed by atoms with van der Waals surface area (Å²) >= 11 is 0. The van der Waals surface area contributed by atoms with Crippen molar-refractivity contribution in [1.82, 2.24) is 9.97 Å². The third-order valence-corrected chi connectivity index (χ3v) is 6.10. The number of fused-ring (bicyclic) bond motifs is 1. The molecule has 1 aromatic heterocycles. The van der Waals surface area contributed by atoms with Gasteiger partial charge in [0.25, 0.3) is 10.0 Å². The molecule has 1 aliphatic rings. The molecule has 9 heteroatoms. The van der Waals surface area contributed by atoms with Crippen LogP contribution in [0.2, 0.25) is 0 Å². The number of anilines is 1. The Hall–Kier alpha value is -2.91. The standard InChI is InChI=1S/C18H17N3O5S/c1-10-6-14-15(20-18(23)17(22)19-14)7-16(10)27(24,25)21-13-4-2-11(3-5-13)12-8-26-9-12/h2-7,12,21H,8-9H2,1H3,(H,19,22)(H,20,23). The van der Waals surface area contributed by atoms with Crippen LogP contribution in [0.15, 0.2) is 50.9 Å². The molecule has 1 aliphatic heterocycles. The van der Waals surface area contributed by atoms with Crippen LogP contribution in [0.5, 0.6) is 0 Å². The van der Waals surface area contributed by atoms with Crippen molar-refractivity contribution in [3.8, 4) is 0 Å². The van der Waals surface area contributed by atoms with Gasteiger partial charge in [0.2, 0.25) is 0 Å². The lowest BCUT2D eigenvalue weighted by Gasteiger charge is -2.26. The van der Waals surface area contributed by atoms with Crippen molar-refractivity contribution >= 4 is 26.7 Å². The van der Waals surface area contributed by atoms with Gasteiger partial charge in [0.15, 0.2) is 0 Å². The Kier molecular flexibility index (Phi) is 4.12. The average molecular weight is 387 g/mol. The molecule has 4 rings (SSSR count). The third-order valence-electron chi connectivity index (χ3n) is 4.58. The Balaban J connectivity index is 1.68. The second-order valence-electron chi connectivity index (χ2n) is 6.53. The van der Waals surface area contributed by atoms with E-state index in [2.05, 4.69) is 14.7 Å². The zero-order chi connectivity index (χ0) is 19.2. The molecule has 0 atom stereocenters. The van der Waals surface area contributed by atoms with Crippen molar-refractivity contribution in [2.24, 2.45) is 0 Å². The number of aromatic nitrogens is 2. The highest BCUT2D eigenvalue weighted by Crippen LogP contribution is 2.27. The van der Waals surface area contributed by atoms with E-state index in [-0.39, 0.29) is 10.4 Å². The number of rotatable bonds is 4. The molecule has 2 heterocycles. The molecule has 2 aromatic carbocycles. The first-order valence-electron chi connectivity index (χ1n) is 8.31. The van der Waals surface area contributed by atoms with E-state index in [1.54, 1.807) is 19.1 Å². The van der Waals surface area contributed by atoms with Gasteiger partial charge >= 0.3 is 11.1 Å². The topological polar surface area (TPSA) is 121 Å².